The van der Waals surface area contributed by atoms with Crippen LogP contribution in [-0.2, 0) is 27.4 Å². The van der Waals surface area contributed by atoms with Crippen LogP contribution in [0.4, 0.5) is 0 Å². The largest absolute Gasteiger partial charge is 0.379 e. The third kappa shape index (κ3) is 4.54. The number of nitrogens with zero attached hydrogens (tertiary/aromatic N) is 1. The molecule has 0 unspecified atom stereocenters. The minimum Gasteiger partial charge on any atom is -0.379 e. The first-order chi connectivity index (χ1) is 11.8. The lowest BCUT2D eigenvalue weighted by Gasteiger charge is -2.27. The fraction of sp³-hybridized carbons (Fsp3) is 0.611. The van der Waals surface area contributed by atoms with Gasteiger partial charge in [0.25, 0.3) is 0 Å². The monoisotopic (exact) mass is 333 g/mol. The number of amides is 1. The summed E-state index contributed by atoms with van der Waals surface area (Å²) in [5, 5.41) is 3.02. The number of carbonyl (C=O) groups excluding carboxylic acids is 1. The molecule has 0 bridgehead atoms. The second-order valence-corrected chi connectivity index (χ2v) is 6.43. The molecule has 0 aliphatic carbocycles. The predicted molar refractivity (Wildman–Crippen MR) is 91.3 cm³/mol. The molecule has 0 aromatic heterocycles. The van der Waals surface area contributed by atoms with Crippen LogP contribution in [0.3, 0.4) is 0 Å². The van der Waals surface area contributed by atoms with Gasteiger partial charge in [0.1, 0.15) is 6.10 Å². The molecule has 0 spiro atoms. The fourth-order valence-electron chi connectivity index (χ4n) is 3.25. The highest BCUT2D eigenvalue weighted by molar-refractivity contribution is 5.81. The highest BCUT2D eigenvalue weighted by atomic mass is 16.5. The first kappa shape index (κ1) is 17.4. The van der Waals surface area contributed by atoms with Gasteiger partial charge in [0.15, 0.2) is 0 Å². The summed E-state index contributed by atoms with van der Waals surface area (Å²) in [6.45, 7) is 5.40. The highest BCUT2D eigenvalue weighted by Gasteiger charge is 2.29. The molecule has 1 aromatic rings. The first-order valence-corrected chi connectivity index (χ1v) is 8.76. The van der Waals surface area contributed by atoms with Gasteiger partial charge < -0.3 is 20.5 Å². The van der Waals surface area contributed by atoms with Gasteiger partial charge in [0, 0.05) is 32.7 Å². The van der Waals surface area contributed by atoms with Crippen molar-refractivity contribution in [2.24, 2.45) is 5.73 Å². The van der Waals surface area contributed by atoms with E-state index in [0.29, 0.717) is 13.1 Å². The lowest BCUT2D eigenvalue weighted by atomic mass is 10.1. The summed E-state index contributed by atoms with van der Waals surface area (Å²) >= 11 is 0. The number of benzene rings is 1. The maximum Gasteiger partial charge on any atom is 0.249 e. The van der Waals surface area contributed by atoms with Crippen LogP contribution in [0.15, 0.2) is 24.3 Å². The van der Waals surface area contributed by atoms with Crippen molar-refractivity contribution < 1.29 is 14.3 Å². The molecule has 2 aliphatic heterocycles. The van der Waals surface area contributed by atoms with Crippen molar-refractivity contribution in [2.75, 3.05) is 32.8 Å². The van der Waals surface area contributed by atoms with Gasteiger partial charge in [-0.3, -0.25) is 9.69 Å². The van der Waals surface area contributed by atoms with Crippen LogP contribution in [0.25, 0.3) is 0 Å². The van der Waals surface area contributed by atoms with E-state index in [-0.39, 0.29) is 18.1 Å². The molecule has 1 amide bonds. The summed E-state index contributed by atoms with van der Waals surface area (Å²) in [5.74, 6) is -0.0351. The average Bonchev–Trinajstić information content (AvgIpc) is 3.11. The molecule has 132 valence electrons. The molecule has 3 N–H and O–H groups in total. The Hall–Kier alpha value is -1.47. The maximum atomic E-state index is 12.3. The van der Waals surface area contributed by atoms with E-state index in [0.717, 1.165) is 51.3 Å². The molecule has 1 aromatic carbocycles. The Morgan fingerprint density at radius 3 is 2.67 bits per heavy atom. The average molecular weight is 333 g/mol. The molecular formula is C18H27N3O3. The summed E-state index contributed by atoms with van der Waals surface area (Å²) in [7, 11) is 0. The summed E-state index contributed by atoms with van der Waals surface area (Å²) in [5.41, 5.74) is 8.01. The molecular weight excluding hydrogens is 306 g/mol. The van der Waals surface area contributed by atoms with E-state index in [1.165, 1.54) is 5.56 Å². The molecule has 2 aliphatic rings. The van der Waals surface area contributed by atoms with Gasteiger partial charge in [-0.15, -0.1) is 0 Å². The second kappa shape index (κ2) is 8.58. The van der Waals surface area contributed by atoms with E-state index in [2.05, 4.69) is 22.3 Å². The van der Waals surface area contributed by atoms with Crippen molar-refractivity contribution in [3.8, 4) is 0 Å². The number of hydrogen-bond acceptors (Lipinski definition) is 5. The number of nitrogens with two attached hydrogens (primary N) is 1. The molecule has 2 fully saturated rings. The highest BCUT2D eigenvalue weighted by Crippen LogP contribution is 2.19. The molecule has 2 heterocycles. The Kier molecular flexibility index (Phi) is 6.20. The smallest absolute Gasteiger partial charge is 0.249 e. The summed E-state index contributed by atoms with van der Waals surface area (Å²) < 4.78 is 11.1. The van der Waals surface area contributed by atoms with E-state index >= 15 is 0 Å². The van der Waals surface area contributed by atoms with E-state index in [4.69, 9.17) is 15.2 Å². The third-order valence-corrected chi connectivity index (χ3v) is 4.73. The predicted octanol–water partition coefficient (Wildman–Crippen LogP) is 0.641. The van der Waals surface area contributed by atoms with Crippen LogP contribution in [0.2, 0.25) is 0 Å². The van der Waals surface area contributed by atoms with Gasteiger partial charge in [0.2, 0.25) is 5.91 Å². The van der Waals surface area contributed by atoms with Crippen molar-refractivity contribution >= 4 is 5.91 Å². The van der Waals surface area contributed by atoms with Gasteiger partial charge in [-0.2, -0.15) is 0 Å². The van der Waals surface area contributed by atoms with Gasteiger partial charge in [0.05, 0.1) is 19.3 Å². The van der Waals surface area contributed by atoms with Crippen LogP contribution in [0.1, 0.15) is 24.0 Å². The first-order valence-electron chi connectivity index (χ1n) is 8.76. The summed E-state index contributed by atoms with van der Waals surface area (Å²) in [4.78, 5) is 14.7. The van der Waals surface area contributed by atoms with Crippen molar-refractivity contribution in [1.82, 2.24) is 10.2 Å². The molecule has 2 atom stereocenters. The Balaban J connectivity index is 1.54. The fourth-order valence-corrected chi connectivity index (χ4v) is 3.25. The molecule has 2 saturated heterocycles. The van der Waals surface area contributed by atoms with E-state index < -0.39 is 0 Å². The van der Waals surface area contributed by atoms with E-state index in [1.807, 2.05) is 12.1 Å². The van der Waals surface area contributed by atoms with Crippen LogP contribution in [0, 0.1) is 0 Å². The van der Waals surface area contributed by atoms with E-state index in [1.54, 1.807) is 0 Å². The second-order valence-electron chi connectivity index (χ2n) is 6.43. The van der Waals surface area contributed by atoms with Gasteiger partial charge in [-0.05, 0) is 24.0 Å². The SMILES string of the molecule is NC[C@H]1CC[C@@H](C(=O)NCc2ccccc2CN2CCOCC2)O1. The zero-order chi connectivity index (χ0) is 16.8. The van der Waals surface area contributed by atoms with Gasteiger partial charge in [-0.1, -0.05) is 24.3 Å². The van der Waals surface area contributed by atoms with Gasteiger partial charge in [-0.25, -0.2) is 0 Å². The molecule has 24 heavy (non-hydrogen) atoms. The Labute approximate surface area is 143 Å². The minimum atomic E-state index is -0.357. The molecule has 6 nitrogen and oxygen atoms in total. The van der Waals surface area contributed by atoms with Crippen molar-refractivity contribution in [2.45, 2.75) is 38.1 Å². The van der Waals surface area contributed by atoms with Crippen LogP contribution in [0.5, 0.6) is 0 Å². The number of hydrogen-bond donors (Lipinski definition) is 2. The van der Waals surface area contributed by atoms with Crippen molar-refractivity contribution in [3.05, 3.63) is 35.4 Å². The van der Waals surface area contributed by atoms with E-state index in [9.17, 15) is 4.79 Å². The number of rotatable bonds is 6. The van der Waals surface area contributed by atoms with Crippen LogP contribution < -0.4 is 11.1 Å². The third-order valence-electron chi connectivity index (χ3n) is 4.73. The molecule has 0 radical (unpaired) electrons. The maximum absolute atomic E-state index is 12.3. The normalized spacial score (nSPS) is 24.9. The Morgan fingerprint density at radius 1 is 1.21 bits per heavy atom. The minimum absolute atomic E-state index is 0.0226. The standard InChI is InChI=1S/C18H27N3O3/c19-11-16-5-6-17(24-16)18(22)20-12-14-3-1-2-4-15(14)13-21-7-9-23-10-8-21/h1-4,16-17H,5-13,19H2,(H,20,22)/t16-,17+/m1/s1. The summed E-state index contributed by atoms with van der Waals surface area (Å²) in [6.07, 6.45) is 1.28. The lowest BCUT2D eigenvalue weighted by molar-refractivity contribution is -0.132. The lowest BCUT2D eigenvalue weighted by Crippen LogP contribution is -2.37. The van der Waals surface area contributed by atoms with Crippen molar-refractivity contribution in [3.63, 3.8) is 0 Å². The Bertz CT molecular complexity index is 546. The van der Waals surface area contributed by atoms with Crippen LogP contribution in [-0.4, -0.2) is 55.9 Å². The molecule has 3 rings (SSSR count). The topological polar surface area (TPSA) is 76.8 Å². The van der Waals surface area contributed by atoms with Crippen molar-refractivity contribution in [1.29, 1.82) is 0 Å². The molecule has 0 saturated carbocycles. The zero-order valence-corrected chi connectivity index (χ0v) is 14.1. The molecule has 6 heteroatoms. The quantitative estimate of drug-likeness (QED) is 0.799. The van der Waals surface area contributed by atoms with Gasteiger partial charge >= 0.3 is 0 Å². The zero-order valence-electron chi connectivity index (χ0n) is 14.1. The Morgan fingerprint density at radius 2 is 1.96 bits per heavy atom. The number of ether oxygens (including phenoxy) is 2. The number of nitrogens with one attached hydrogen (secondary N) is 1. The van der Waals surface area contributed by atoms with Crippen LogP contribution >= 0.6 is 0 Å². The number of carbonyl (C=O) groups is 1. The number of morpholine rings is 1. The summed E-state index contributed by atoms with van der Waals surface area (Å²) in [6, 6.07) is 8.27.